The first-order chi connectivity index (χ1) is 12.4. The number of hydrogen-bond donors (Lipinski definition) is 1. The monoisotopic (exact) mass is 364 g/mol. The van der Waals surface area contributed by atoms with Crippen molar-refractivity contribution in [1.82, 2.24) is 9.88 Å². The van der Waals surface area contributed by atoms with Crippen molar-refractivity contribution in [2.75, 3.05) is 19.7 Å². The molecule has 2 rings (SSSR count). The normalized spacial score (nSPS) is 15.9. The molecule has 7 heteroatoms. The Bertz CT molecular complexity index is 672. The highest BCUT2D eigenvalue weighted by molar-refractivity contribution is 5.99. The van der Waals surface area contributed by atoms with Gasteiger partial charge < -0.3 is 19.4 Å². The average Bonchev–Trinajstić information content (AvgIpc) is 2.78. The van der Waals surface area contributed by atoms with Gasteiger partial charge >= 0.3 is 11.9 Å². The van der Waals surface area contributed by atoms with Gasteiger partial charge in [-0.3, -0.25) is 4.79 Å². The molecule has 0 saturated carbocycles. The van der Waals surface area contributed by atoms with Crippen LogP contribution in [0.1, 0.15) is 71.6 Å². The minimum atomic E-state index is -0.861. The Morgan fingerprint density at radius 1 is 1.08 bits per heavy atom. The van der Waals surface area contributed by atoms with Crippen LogP contribution in [0.3, 0.4) is 0 Å². The SMILES string of the molecule is CCOC(=O)c1[nH]c(C)c(C(=O)OC(C)C(=O)N2CCCCCC2)c1C. The van der Waals surface area contributed by atoms with Gasteiger partial charge in [0.05, 0.1) is 12.2 Å². The topological polar surface area (TPSA) is 88.7 Å². The fourth-order valence-electron chi connectivity index (χ4n) is 3.28. The molecular formula is C19H28N2O5. The van der Waals surface area contributed by atoms with Crippen molar-refractivity contribution in [2.45, 2.75) is 59.5 Å². The van der Waals surface area contributed by atoms with Crippen molar-refractivity contribution in [3.05, 3.63) is 22.5 Å². The summed E-state index contributed by atoms with van der Waals surface area (Å²) in [5.74, 6) is -1.29. The molecule has 1 aliphatic rings. The van der Waals surface area contributed by atoms with Crippen LogP contribution >= 0.6 is 0 Å². The van der Waals surface area contributed by atoms with Gasteiger partial charge in [0, 0.05) is 18.8 Å². The predicted octanol–water partition coefficient (Wildman–Crippen LogP) is 2.76. The highest BCUT2D eigenvalue weighted by Crippen LogP contribution is 2.21. The zero-order valence-electron chi connectivity index (χ0n) is 16.0. The number of ether oxygens (including phenoxy) is 2. The molecule has 1 fully saturated rings. The molecule has 1 unspecified atom stereocenters. The summed E-state index contributed by atoms with van der Waals surface area (Å²) in [5, 5.41) is 0. The van der Waals surface area contributed by atoms with Gasteiger partial charge in [0.2, 0.25) is 0 Å². The summed E-state index contributed by atoms with van der Waals surface area (Å²) in [6.45, 7) is 8.31. The molecule has 144 valence electrons. The van der Waals surface area contributed by atoms with Crippen molar-refractivity contribution >= 4 is 17.8 Å². The molecule has 0 spiro atoms. The third-order valence-corrected chi connectivity index (χ3v) is 4.67. The van der Waals surface area contributed by atoms with Crippen LogP contribution in [0.4, 0.5) is 0 Å². The van der Waals surface area contributed by atoms with Crippen LogP contribution in [0.25, 0.3) is 0 Å². The average molecular weight is 364 g/mol. The summed E-state index contributed by atoms with van der Waals surface area (Å²) in [6, 6.07) is 0. The number of esters is 2. The Labute approximate surface area is 154 Å². The molecule has 0 aromatic carbocycles. The summed E-state index contributed by atoms with van der Waals surface area (Å²) < 4.78 is 10.4. The van der Waals surface area contributed by atoms with E-state index in [0.717, 1.165) is 25.7 Å². The largest absolute Gasteiger partial charge is 0.461 e. The second-order valence-electron chi connectivity index (χ2n) is 6.63. The van der Waals surface area contributed by atoms with E-state index < -0.39 is 18.0 Å². The zero-order valence-corrected chi connectivity index (χ0v) is 16.0. The molecule has 7 nitrogen and oxygen atoms in total. The second-order valence-corrected chi connectivity index (χ2v) is 6.63. The van der Waals surface area contributed by atoms with Crippen molar-refractivity contribution in [3.8, 4) is 0 Å². The Morgan fingerprint density at radius 2 is 1.69 bits per heavy atom. The highest BCUT2D eigenvalue weighted by atomic mass is 16.5. The lowest BCUT2D eigenvalue weighted by Crippen LogP contribution is -2.40. The number of amides is 1. The Hall–Kier alpha value is -2.31. The Balaban J connectivity index is 2.09. The van der Waals surface area contributed by atoms with Gasteiger partial charge in [-0.25, -0.2) is 9.59 Å². The summed E-state index contributed by atoms with van der Waals surface area (Å²) in [7, 11) is 0. The van der Waals surface area contributed by atoms with Gasteiger partial charge in [0.15, 0.2) is 6.10 Å². The van der Waals surface area contributed by atoms with Gasteiger partial charge in [-0.15, -0.1) is 0 Å². The van der Waals surface area contributed by atoms with E-state index >= 15 is 0 Å². The molecule has 1 amide bonds. The van der Waals surface area contributed by atoms with Gasteiger partial charge in [0.25, 0.3) is 5.91 Å². The quantitative estimate of drug-likeness (QED) is 0.812. The predicted molar refractivity (Wildman–Crippen MR) is 96.1 cm³/mol. The van der Waals surface area contributed by atoms with Crippen LogP contribution in [0.15, 0.2) is 0 Å². The zero-order chi connectivity index (χ0) is 19.3. The third kappa shape index (κ3) is 4.45. The van der Waals surface area contributed by atoms with Crippen LogP contribution in [0, 0.1) is 13.8 Å². The van der Waals surface area contributed by atoms with E-state index in [1.54, 1.807) is 32.6 Å². The summed E-state index contributed by atoms with van der Waals surface area (Å²) in [5.41, 5.74) is 1.51. The summed E-state index contributed by atoms with van der Waals surface area (Å²) >= 11 is 0. The van der Waals surface area contributed by atoms with Gasteiger partial charge in [-0.05, 0) is 46.1 Å². The first-order valence-electron chi connectivity index (χ1n) is 9.22. The van der Waals surface area contributed by atoms with E-state index in [9.17, 15) is 14.4 Å². The smallest absolute Gasteiger partial charge is 0.355 e. The standard InChI is InChI=1S/C19H28N2O5/c1-5-25-19(24)16-12(2)15(13(3)20-16)18(23)26-14(4)17(22)21-10-8-6-7-9-11-21/h14,20H,5-11H2,1-4H3. The molecule has 1 atom stereocenters. The molecule has 1 saturated heterocycles. The third-order valence-electron chi connectivity index (χ3n) is 4.67. The minimum absolute atomic E-state index is 0.170. The van der Waals surface area contributed by atoms with Crippen molar-refractivity contribution in [2.24, 2.45) is 0 Å². The number of carbonyl (C=O) groups excluding carboxylic acids is 3. The van der Waals surface area contributed by atoms with Crippen LogP contribution in [0.5, 0.6) is 0 Å². The molecule has 1 aromatic heterocycles. The number of nitrogens with zero attached hydrogens (tertiary/aromatic N) is 1. The van der Waals surface area contributed by atoms with E-state index in [0.29, 0.717) is 24.3 Å². The van der Waals surface area contributed by atoms with Crippen LogP contribution in [-0.2, 0) is 14.3 Å². The van der Waals surface area contributed by atoms with Crippen LogP contribution in [-0.4, -0.2) is 53.5 Å². The number of aromatic amines is 1. The molecule has 2 heterocycles. The van der Waals surface area contributed by atoms with E-state index in [2.05, 4.69) is 4.98 Å². The first kappa shape index (κ1) is 20.0. The Morgan fingerprint density at radius 3 is 2.27 bits per heavy atom. The maximum Gasteiger partial charge on any atom is 0.355 e. The number of carbonyl (C=O) groups is 3. The fraction of sp³-hybridized carbons (Fsp3) is 0.632. The number of likely N-dealkylation sites (tertiary alicyclic amines) is 1. The molecule has 0 aliphatic carbocycles. The number of rotatable bonds is 5. The number of nitrogens with one attached hydrogen (secondary N) is 1. The molecular weight excluding hydrogens is 336 g/mol. The van der Waals surface area contributed by atoms with Gasteiger partial charge in [-0.1, -0.05) is 12.8 Å². The van der Waals surface area contributed by atoms with E-state index in [-0.39, 0.29) is 23.8 Å². The maximum atomic E-state index is 12.6. The van der Waals surface area contributed by atoms with Gasteiger partial charge in [-0.2, -0.15) is 0 Å². The maximum absolute atomic E-state index is 12.6. The minimum Gasteiger partial charge on any atom is -0.461 e. The number of hydrogen-bond acceptors (Lipinski definition) is 5. The summed E-state index contributed by atoms with van der Waals surface area (Å²) in [4.78, 5) is 41.7. The number of H-pyrrole nitrogens is 1. The number of aromatic nitrogens is 1. The van der Waals surface area contributed by atoms with Crippen LogP contribution < -0.4 is 0 Å². The molecule has 1 N–H and O–H groups in total. The lowest BCUT2D eigenvalue weighted by molar-refractivity contribution is -0.139. The molecule has 1 aromatic rings. The highest BCUT2D eigenvalue weighted by Gasteiger charge is 2.28. The molecule has 1 aliphatic heterocycles. The molecule has 0 radical (unpaired) electrons. The van der Waals surface area contributed by atoms with E-state index in [4.69, 9.17) is 9.47 Å². The molecule has 26 heavy (non-hydrogen) atoms. The Kier molecular flexibility index (Phi) is 6.83. The lowest BCUT2D eigenvalue weighted by atomic mass is 10.1. The first-order valence-corrected chi connectivity index (χ1v) is 9.22. The van der Waals surface area contributed by atoms with Gasteiger partial charge in [0.1, 0.15) is 5.69 Å². The van der Waals surface area contributed by atoms with Crippen LogP contribution in [0.2, 0.25) is 0 Å². The second kappa shape index (κ2) is 8.87. The summed E-state index contributed by atoms with van der Waals surface area (Å²) in [6.07, 6.45) is 3.34. The lowest BCUT2D eigenvalue weighted by Gasteiger charge is -2.24. The van der Waals surface area contributed by atoms with Crippen molar-refractivity contribution in [3.63, 3.8) is 0 Å². The van der Waals surface area contributed by atoms with Crippen molar-refractivity contribution < 1.29 is 23.9 Å². The van der Waals surface area contributed by atoms with Crippen molar-refractivity contribution in [1.29, 1.82) is 0 Å². The number of aryl methyl sites for hydroxylation is 1. The molecule has 0 bridgehead atoms. The van der Waals surface area contributed by atoms with E-state index in [1.807, 2.05) is 0 Å². The fourth-order valence-corrected chi connectivity index (χ4v) is 3.28. The van der Waals surface area contributed by atoms with E-state index in [1.165, 1.54) is 0 Å².